The SMILES string of the molecule is Cc1ccc(CNC(=O)NC(CO)C(=O)O)cc1. The van der Waals surface area contributed by atoms with Gasteiger partial charge >= 0.3 is 12.0 Å². The van der Waals surface area contributed by atoms with Crippen LogP contribution in [-0.2, 0) is 11.3 Å². The molecule has 0 spiro atoms. The minimum Gasteiger partial charge on any atom is -0.480 e. The number of carboxylic acid groups (broad SMARTS) is 1. The Bertz CT molecular complexity index is 417. The number of carboxylic acids is 1. The largest absolute Gasteiger partial charge is 0.480 e. The lowest BCUT2D eigenvalue weighted by Crippen LogP contribution is -2.47. The number of rotatable bonds is 5. The minimum absolute atomic E-state index is 0.296. The number of nitrogens with one attached hydrogen (secondary N) is 2. The maximum Gasteiger partial charge on any atom is 0.328 e. The third kappa shape index (κ3) is 4.42. The summed E-state index contributed by atoms with van der Waals surface area (Å²) in [5.74, 6) is -1.28. The van der Waals surface area contributed by atoms with Gasteiger partial charge in [-0.15, -0.1) is 0 Å². The first-order valence-corrected chi connectivity index (χ1v) is 5.46. The smallest absolute Gasteiger partial charge is 0.328 e. The average molecular weight is 252 g/mol. The second-order valence-corrected chi connectivity index (χ2v) is 3.89. The molecule has 0 aliphatic heterocycles. The third-order valence-electron chi connectivity index (χ3n) is 2.36. The average Bonchev–Trinajstić information content (AvgIpc) is 2.35. The third-order valence-corrected chi connectivity index (χ3v) is 2.36. The van der Waals surface area contributed by atoms with E-state index < -0.39 is 24.6 Å². The van der Waals surface area contributed by atoms with E-state index in [1.165, 1.54) is 0 Å². The van der Waals surface area contributed by atoms with Crippen LogP contribution in [-0.4, -0.2) is 34.9 Å². The van der Waals surface area contributed by atoms with Crippen LogP contribution in [0.5, 0.6) is 0 Å². The number of carbonyl (C=O) groups is 2. The number of aliphatic carboxylic acids is 1. The van der Waals surface area contributed by atoms with E-state index in [9.17, 15) is 9.59 Å². The van der Waals surface area contributed by atoms with Gasteiger partial charge < -0.3 is 20.8 Å². The van der Waals surface area contributed by atoms with Crippen molar-refractivity contribution in [3.05, 3.63) is 35.4 Å². The van der Waals surface area contributed by atoms with Crippen molar-refractivity contribution in [1.82, 2.24) is 10.6 Å². The van der Waals surface area contributed by atoms with E-state index in [-0.39, 0.29) is 0 Å². The van der Waals surface area contributed by atoms with Gasteiger partial charge in [0.1, 0.15) is 0 Å². The summed E-state index contributed by atoms with van der Waals surface area (Å²) in [4.78, 5) is 21.9. The van der Waals surface area contributed by atoms with Crippen LogP contribution in [0.1, 0.15) is 11.1 Å². The number of amides is 2. The Kier molecular flexibility index (Phi) is 5.13. The molecule has 2 amide bonds. The number of hydrogen-bond donors (Lipinski definition) is 4. The maximum atomic E-state index is 11.4. The quantitative estimate of drug-likeness (QED) is 0.603. The second kappa shape index (κ2) is 6.61. The lowest BCUT2D eigenvalue weighted by molar-refractivity contribution is -0.140. The van der Waals surface area contributed by atoms with Crippen LogP contribution < -0.4 is 10.6 Å². The molecule has 0 saturated carbocycles. The van der Waals surface area contributed by atoms with E-state index in [2.05, 4.69) is 10.6 Å². The molecule has 1 atom stereocenters. The molecule has 98 valence electrons. The molecule has 0 fully saturated rings. The maximum absolute atomic E-state index is 11.4. The highest BCUT2D eigenvalue weighted by molar-refractivity contribution is 5.82. The summed E-state index contributed by atoms with van der Waals surface area (Å²) in [6, 6.07) is 5.66. The highest BCUT2D eigenvalue weighted by Crippen LogP contribution is 2.02. The van der Waals surface area contributed by atoms with E-state index in [4.69, 9.17) is 10.2 Å². The van der Waals surface area contributed by atoms with Gasteiger partial charge in [0, 0.05) is 6.54 Å². The number of urea groups is 1. The van der Waals surface area contributed by atoms with Gasteiger partial charge in [-0.2, -0.15) is 0 Å². The van der Waals surface area contributed by atoms with Crippen molar-refractivity contribution in [2.45, 2.75) is 19.5 Å². The van der Waals surface area contributed by atoms with Crippen molar-refractivity contribution in [1.29, 1.82) is 0 Å². The number of aryl methyl sites for hydroxylation is 1. The Hall–Kier alpha value is -2.08. The zero-order chi connectivity index (χ0) is 13.5. The normalized spacial score (nSPS) is 11.7. The van der Waals surface area contributed by atoms with Crippen molar-refractivity contribution in [3.63, 3.8) is 0 Å². The molecule has 0 radical (unpaired) electrons. The first kappa shape index (κ1) is 14.0. The van der Waals surface area contributed by atoms with Crippen molar-refractivity contribution in [2.75, 3.05) is 6.61 Å². The summed E-state index contributed by atoms with van der Waals surface area (Å²) >= 11 is 0. The van der Waals surface area contributed by atoms with E-state index in [1.54, 1.807) is 0 Å². The predicted molar refractivity (Wildman–Crippen MR) is 65.1 cm³/mol. The fourth-order valence-electron chi connectivity index (χ4n) is 1.28. The number of carbonyl (C=O) groups excluding carboxylic acids is 1. The van der Waals surface area contributed by atoms with Crippen LogP contribution in [0.3, 0.4) is 0 Å². The number of hydrogen-bond acceptors (Lipinski definition) is 3. The van der Waals surface area contributed by atoms with Crippen molar-refractivity contribution < 1.29 is 19.8 Å². The van der Waals surface area contributed by atoms with E-state index in [0.29, 0.717) is 6.54 Å². The summed E-state index contributed by atoms with van der Waals surface area (Å²) in [7, 11) is 0. The molecular weight excluding hydrogens is 236 g/mol. The first-order valence-electron chi connectivity index (χ1n) is 5.46. The Morgan fingerprint density at radius 1 is 1.28 bits per heavy atom. The Morgan fingerprint density at radius 3 is 2.39 bits per heavy atom. The molecule has 1 aromatic rings. The fraction of sp³-hybridized carbons (Fsp3) is 0.333. The van der Waals surface area contributed by atoms with Crippen molar-refractivity contribution in [3.8, 4) is 0 Å². The molecule has 0 aliphatic rings. The lowest BCUT2D eigenvalue weighted by atomic mass is 10.1. The molecule has 18 heavy (non-hydrogen) atoms. The molecule has 6 heteroatoms. The van der Waals surface area contributed by atoms with Gasteiger partial charge in [-0.25, -0.2) is 9.59 Å². The summed E-state index contributed by atoms with van der Waals surface area (Å²) in [6.07, 6.45) is 0. The molecule has 0 saturated heterocycles. The standard InChI is InChI=1S/C12H16N2O4/c1-8-2-4-9(5-3-8)6-13-12(18)14-10(7-15)11(16)17/h2-5,10,15H,6-7H2,1H3,(H,16,17)(H2,13,14,18). The molecule has 1 aromatic carbocycles. The summed E-state index contributed by atoms with van der Waals surface area (Å²) in [5.41, 5.74) is 2.03. The van der Waals surface area contributed by atoms with Gasteiger partial charge in [0.25, 0.3) is 0 Å². The van der Waals surface area contributed by atoms with Crippen molar-refractivity contribution in [2.24, 2.45) is 0 Å². The van der Waals surface area contributed by atoms with Crippen LogP contribution >= 0.6 is 0 Å². The van der Waals surface area contributed by atoms with Gasteiger partial charge in [0.15, 0.2) is 6.04 Å². The Labute approximate surface area is 105 Å². The molecule has 1 unspecified atom stereocenters. The van der Waals surface area contributed by atoms with Gasteiger partial charge in [0.2, 0.25) is 0 Å². The molecule has 0 bridgehead atoms. The van der Waals surface area contributed by atoms with Crippen LogP contribution in [0.4, 0.5) is 4.79 Å². The summed E-state index contributed by atoms with van der Waals surface area (Å²) in [6.45, 7) is 1.61. The molecule has 1 rings (SSSR count). The van der Waals surface area contributed by atoms with Crippen molar-refractivity contribution >= 4 is 12.0 Å². The van der Waals surface area contributed by atoms with Gasteiger partial charge in [-0.05, 0) is 12.5 Å². The molecular formula is C12H16N2O4. The number of aliphatic hydroxyl groups excluding tert-OH is 1. The van der Waals surface area contributed by atoms with Gasteiger partial charge in [-0.3, -0.25) is 0 Å². The molecule has 0 aromatic heterocycles. The topological polar surface area (TPSA) is 98.7 Å². The van der Waals surface area contributed by atoms with Crippen LogP contribution in [0.25, 0.3) is 0 Å². The Morgan fingerprint density at radius 2 is 1.89 bits per heavy atom. The highest BCUT2D eigenvalue weighted by Gasteiger charge is 2.18. The fourth-order valence-corrected chi connectivity index (χ4v) is 1.28. The number of benzene rings is 1. The molecule has 4 N–H and O–H groups in total. The van der Waals surface area contributed by atoms with E-state index in [0.717, 1.165) is 11.1 Å². The summed E-state index contributed by atoms with van der Waals surface area (Å²) < 4.78 is 0. The lowest BCUT2D eigenvalue weighted by Gasteiger charge is -2.12. The van der Waals surface area contributed by atoms with Crippen LogP contribution in [0, 0.1) is 6.92 Å². The minimum atomic E-state index is -1.29. The predicted octanol–water partition coefficient (Wildman–Crippen LogP) is 0.240. The zero-order valence-electron chi connectivity index (χ0n) is 10.0. The van der Waals surface area contributed by atoms with Crippen LogP contribution in [0.15, 0.2) is 24.3 Å². The Balaban J connectivity index is 2.41. The first-order chi connectivity index (χ1) is 8.52. The van der Waals surface area contributed by atoms with E-state index >= 15 is 0 Å². The number of aliphatic hydroxyl groups is 1. The molecule has 6 nitrogen and oxygen atoms in total. The molecule has 0 heterocycles. The monoisotopic (exact) mass is 252 g/mol. The molecule has 0 aliphatic carbocycles. The second-order valence-electron chi connectivity index (χ2n) is 3.89. The van der Waals surface area contributed by atoms with Gasteiger partial charge in [0.05, 0.1) is 6.61 Å². The van der Waals surface area contributed by atoms with Crippen LogP contribution in [0.2, 0.25) is 0 Å². The summed E-state index contributed by atoms with van der Waals surface area (Å²) in [5, 5.41) is 22.0. The van der Waals surface area contributed by atoms with Gasteiger partial charge in [-0.1, -0.05) is 29.8 Å². The zero-order valence-corrected chi connectivity index (χ0v) is 10.0. The highest BCUT2D eigenvalue weighted by atomic mass is 16.4. The van der Waals surface area contributed by atoms with E-state index in [1.807, 2.05) is 31.2 Å².